The van der Waals surface area contributed by atoms with Crippen LogP contribution in [0.3, 0.4) is 0 Å². The number of carbonyl (C=O) groups is 2. The third-order valence-corrected chi connectivity index (χ3v) is 4.47. The monoisotopic (exact) mass is 341 g/mol. The van der Waals surface area contributed by atoms with E-state index in [9.17, 15) is 9.59 Å². The first kappa shape index (κ1) is 17.2. The molecular weight excluding hydrogens is 318 g/mol. The van der Waals surface area contributed by atoms with E-state index in [2.05, 4.69) is 22.4 Å². The summed E-state index contributed by atoms with van der Waals surface area (Å²) in [5.41, 5.74) is 1.81. The van der Waals surface area contributed by atoms with Gasteiger partial charge in [0.1, 0.15) is 0 Å². The van der Waals surface area contributed by atoms with Crippen LogP contribution in [0.2, 0.25) is 0 Å². The highest BCUT2D eigenvalue weighted by molar-refractivity contribution is 5.92. The second kappa shape index (κ2) is 7.51. The molecule has 0 saturated carbocycles. The molecule has 1 unspecified atom stereocenters. The molecule has 132 valence electrons. The van der Waals surface area contributed by atoms with Crippen LogP contribution in [-0.2, 0) is 11.2 Å². The Morgan fingerprint density at radius 3 is 2.76 bits per heavy atom. The smallest absolute Gasteiger partial charge is 0.289 e. The van der Waals surface area contributed by atoms with Crippen LogP contribution >= 0.6 is 0 Å². The molecule has 6 nitrogen and oxygen atoms in total. The Bertz CT molecular complexity index is 755. The number of amides is 2. The molecule has 1 saturated heterocycles. The van der Waals surface area contributed by atoms with E-state index in [4.69, 9.17) is 4.42 Å². The van der Waals surface area contributed by atoms with Gasteiger partial charge < -0.3 is 14.6 Å². The molecule has 1 aromatic heterocycles. The van der Waals surface area contributed by atoms with E-state index in [0.29, 0.717) is 37.6 Å². The Hall–Kier alpha value is -2.63. The molecule has 0 spiro atoms. The van der Waals surface area contributed by atoms with E-state index in [1.54, 1.807) is 13.8 Å². The lowest BCUT2D eigenvalue weighted by Crippen LogP contribution is -2.32. The minimum Gasteiger partial charge on any atom is -0.436 e. The van der Waals surface area contributed by atoms with Gasteiger partial charge >= 0.3 is 0 Å². The molecule has 6 heteroatoms. The predicted octanol–water partition coefficient (Wildman–Crippen LogP) is 2.11. The van der Waals surface area contributed by atoms with Crippen molar-refractivity contribution in [3.05, 3.63) is 53.2 Å². The van der Waals surface area contributed by atoms with Crippen molar-refractivity contribution >= 4 is 11.8 Å². The normalized spacial score (nSPS) is 17.1. The van der Waals surface area contributed by atoms with E-state index in [1.807, 2.05) is 23.1 Å². The number of benzene rings is 1. The highest BCUT2D eigenvalue weighted by Crippen LogP contribution is 2.18. The first-order valence-corrected chi connectivity index (χ1v) is 8.57. The van der Waals surface area contributed by atoms with Crippen molar-refractivity contribution in [2.75, 3.05) is 19.6 Å². The fourth-order valence-electron chi connectivity index (χ4n) is 3.17. The summed E-state index contributed by atoms with van der Waals surface area (Å²) < 4.78 is 5.32. The average molecular weight is 341 g/mol. The van der Waals surface area contributed by atoms with Gasteiger partial charge in [0, 0.05) is 38.9 Å². The molecule has 1 aromatic carbocycles. The van der Waals surface area contributed by atoms with Gasteiger partial charge in [-0.05, 0) is 18.9 Å². The summed E-state index contributed by atoms with van der Waals surface area (Å²) >= 11 is 0. The number of rotatable bonds is 6. The van der Waals surface area contributed by atoms with Crippen molar-refractivity contribution in [3.63, 3.8) is 0 Å². The number of carbonyl (C=O) groups excluding carboxylic acids is 2. The minimum atomic E-state index is -0.270. The molecule has 3 rings (SSSR count). The number of oxazole rings is 1. The number of hydrogen-bond donors (Lipinski definition) is 1. The number of aryl methyl sites for hydroxylation is 2. The van der Waals surface area contributed by atoms with Gasteiger partial charge in [-0.2, -0.15) is 0 Å². The Morgan fingerprint density at radius 1 is 1.32 bits per heavy atom. The lowest BCUT2D eigenvalue weighted by atomic mass is 10.1. The van der Waals surface area contributed by atoms with Gasteiger partial charge in [-0.15, -0.1) is 0 Å². The molecule has 1 N–H and O–H groups in total. The van der Waals surface area contributed by atoms with Crippen LogP contribution in [-0.4, -0.2) is 41.3 Å². The van der Waals surface area contributed by atoms with Gasteiger partial charge in [0.25, 0.3) is 5.91 Å². The van der Waals surface area contributed by atoms with Gasteiger partial charge in [-0.3, -0.25) is 9.59 Å². The highest BCUT2D eigenvalue weighted by Gasteiger charge is 2.29. The van der Waals surface area contributed by atoms with E-state index >= 15 is 0 Å². The van der Waals surface area contributed by atoms with Gasteiger partial charge in [0.05, 0.1) is 5.69 Å². The van der Waals surface area contributed by atoms with E-state index in [1.165, 1.54) is 5.56 Å². The Morgan fingerprint density at radius 2 is 2.08 bits per heavy atom. The van der Waals surface area contributed by atoms with E-state index in [0.717, 1.165) is 6.42 Å². The van der Waals surface area contributed by atoms with E-state index in [-0.39, 0.29) is 23.5 Å². The van der Waals surface area contributed by atoms with Crippen LogP contribution < -0.4 is 5.32 Å². The van der Waals surface area contributed by atoms with Crippen LogP contribution in [0.5, 0.6) is 0 Å². The molecular formula is C19H23N3O3. The molecule has 0 aliphatic carbocycles. The van der Waals surface area contributed by atoms with Crippen LogP contribution in [0, 0.1) is 19.8 Å². The molecule has 2 heterocycles. The Labute approximate surface area is 147 Å². The zero-order valence-electron chi connectivity index (χ0n) is 14.6. The number of nitrogens with one attached hydrogen (secondary N) is 1. The van der Waals surface area contributed by atoms with Gasteiger partial charge in [-0.25, -0.2) is 4.98 Å². The highest BCUT2D eigenvalue weighted by atomic mass is 16.4. The largest absolute Gasteiger partial charge is 0.436 e. The SMILES string of the molecule is Cc1nc(C)c(C(=O)NCC2CC(=O)N(CCc3ccccc3)C2)o1. The summed E-state index contributed by atoms with van der Waals surface area (Å²) in [6, 6.07) is 10.1. The summed E-state index contributed by atoms with van der Waals surface area (Å²) in [4.78, 5) is 30.3. The summed E-state index contributed by atoms with van der Waals surface area (Å²) in [6.07, 6.45) is 1.33. The molecule has 0 bridgehead atoms. The number of aromatic nitrogens is 1. The fourth-order valence-corrected chi connectivity index (χ4v) is 3.17. The van der Waals surface area contributed by atoms with Crippen molar-refractivity contribution in [1.29, 1.82) is 0 Å². The average Bonchev–Trinajstić information content (AvgIpc) is 3.13. The molecule has 1 aliphatic heterocycles. The van der Waals surface area contributed by atoms with Crippen LogP contribution in [0.4, 0.5) is 0 Å². The summed E-state index contributed by atoms with van der Waals surface area (Å²) in [5, 5.41) is 2.86. The zero-order chi connectivity index (χ0) is 17.8. The number of hydrogen-bond acceptors (Lipinski definition) is 4. The Kier molecular flexibility index (Phi) is 5.16. The maximum atomic E-state index is 12.2. The topological polar surface area (TPSA) is 75.4 Å². The van der Waals surface area contributed by atoms with Gasteiger partial charge in [0.15, 0.2) is 5.89 Å². The fraction of sp³-hybridized carbons (Fsp3) is 0.421. The summed E-state index contributed by atoms with van der Waals surface area (Å²) in [5.74, 6) is 0.750. The third kappa shape index (κ3) is 4.26. The molecule has 1 atom stereocenters. The second-order valence-electron chi connectivity index (χ2n) is 6.50. The third-order valence-electron chi connectivity index (χ3n) is 4.47. The van der Waals surface area contributed by atoms with Gasteiger partial charge in [-0.1, -0.05) is 30.3 Å². The first-order chi connectivity index (χ1) is 12.0. The van der Waals surface area contributed by atoms with Crippen LogP contribution in [0.1, 0.15) is 34.1 Å². The number of nitrogens with zero attached hydrogens (tertiary/aromatic N) is 2. The van der Waals surface area contributed by atoms with Crippen molar-refractivity contribution < 1.29 is 14.0 Å². The quantitative estimate of drug-likeness (QED) is 0.873. The van der Waals surface area contributed by atoms with Crippen molar-refractivity contribution in [3.8, 4) is 0 Å². The standard InChI is InChI=1S/C19H23N3O3/c1-13-18(25-14(2)21-13)19(24)20-11-16-10-17(23)22(12-16)9-8-15-6-4-3-5-7-15/h3-7,16H,8-12H2,1-2H3,(H,20,24). The molecule has 2 aromatic rings. The summed E-state index contributed by atoms with van der Waals surface area (Å²) in [6.45, 7) is 5.32. The van der Waals surface area contributed by atoms with Crippen LogP contribution in [0.15, 0.2) is 34.7 Å². The van der Waals surface area contributed by atoms with Crippen molar-refractivity contribution in [1.82, 2.24) is 15.2 Å². The van der Waals surface area contributed by atoms with Crippen molar-refractivity contribution in [2.45, 2.75) is 26.7 Å². The molecule has 25 heavy (non-hydrogen) atoms. The molecule has 1 aliphatic rings. The first-order valence-electron chi connectivity index (χ1n) is 8.57. The second-order valence-corrected chi connectivity index (χ2v) is 6.50. The molecule has 1 fully saturated rings. The predicted molar refractivity (Wildman–Crippen MR) is 93.1 cm³/mol. The van der Waals surface area contributed by atoms with Crippen molar-refractivity contribution in [2.24, 2.45) is 5.92 Å². The lowest BCUT2D eigenvalue weighted by Gasteiger charge is -2.16. The Balaban J connectivity index is 1.47. The molecule has 0 radical (unpaired) electrons. The zero-order valence-corrected chi connectivity index (χ0v) is 14.6. The number of likely N-dealkylation sites (tertiary alicyclic amines) is 1. The lowest BCUT2D eigenvalue weighted by molar-refractivity contribution is -0.127. The minimum absolute atomic E-state index is 0.136. The van der Waals surface area contributed by atoms with E-state index < -0.39 is 0 Å². The van der Waals surface area contributed by atoms with Crippen LogP contribution in [0.25, 0.3) is 0 Å². The maximum Gasteiger partial charge on any atom is 0.289 e. The molecule has 2 amide bonds. The maximum absolute atomic E-state index is 12.2. The summed E-state index contributed by atoms with van der Waals surface area (Å²) in [7, 11) is 0. The van der Waals surface area contributed by atoms with Gasteiger partial charge in [0.2, 0.25) is 11.7 Å².